The fraction of sp³-hybridized carbons (Fsp3) is 0.818. The number of carboxylic acid groups (broad SMARTS) is 1. The van der Waals surface area contributed by atoms with Crippen LogP contribution < -0.4 is 10.6 Å². The highest BCUT2D eigenvalue weighted by atomic mass is 16.5. The van der Waals surface area contributed by atoms with E-state index in [4.69, 9.17) is 9.84 Å². The summed E-state index contributed by atoms with van der Waals surface area (Å²) in [6.07, 6.45) is 1.89. The van der Waals surface area contributed by atoms with Gasteiger partial charge in [-0.25, -0.2) is 9.59 Å². The summed E-state index contributed by atoms with van der Waals surface area (Å²) in [4.78, 5) is 22.2. The molecule has 0 aromatic carbocycles. The highest BCUT2D eigenvalue weighted by Gasteiger charge is 2.28. The second-order valence-electron chi connectivity index (χ2n) is 4.83. The van der Waals surface area contributed by atoms with Crippen molar-refractivity contribution in [1.82, 2.24) is 10.6 Å². The normalized spacial score (nSPS) is 20.0. The van der Waals surface area contributed by atoms with E-state index in [1.165, 1.54) is 13.8 Å². The minimum atomic E-state index is -1.25. The van der Waals surface area contributed by atoms with Crippen LogP contribution in [0.1, 0.15) is 26.7 Å². The molecule has 98 valence electrons. The number of carbonyl (C=O) groups is 2. The molecule has 17 heavy (non-hydrogen) atoms. The maximum atomic E-state index is 11.4. The number of hydrogen-bond donors (Lipinski definition) is 3. The molecular formula is C11H20N2O4. The average Bonchev–Trinajstić information content (AvgIpc) is 2.69. The van der Waals surface area contributed by atoms with Gasteiger partial charge in [-0.05, 0) is 32.6 Å². The number of amides is 2. The lowest BCUT2D eigenvalue weighted by molar-refractivity contribution is -0.142. The van der Waals surface area contributed by atoms with E-state index in [2.05, 4.69) is 10.6 Å². The third kappa shape index (κ3) is 4.60. The first-order valence-corrected chi connectivity index (χ1v) is 5.79. The molecule has 0 saturated carbocycles. The Morgan fingerprint density at radius 1 is 1.47 bits per heavy atom. The molecule has 0 aromatic rings. The lowest BCUT2D eigenvalue weighted by atomic mass is 10.1. The maximum Gasteiger partial charge on any atom is 0.328 e. The molecule has 0 aromatic heterocycles. The van der Waals surface area contributed by atoms with E-state index in [9.17, 15) is 9.59 Å². The average molecular weight is 244 g/mol. The van der Waals surface area contributed by atoms with E-state index in [-0.39, 0.29) is 0 Å². The highest BCUT2D eigenvalue weighted by Crippen LogP contribution is 2.15. The van der Waals surface area contributed by atoms with Crippen LogP contribution in [0.2, 0.25) is 0 Å². The lowest BCUT2D eigenvalue weighted by Gasteiger charge is -2.21. The molecule has 0 bridgehead atoms. The van der Waals surface area contributed by atoms with E-state index in [0.717, 1.165) is 26.1 Å². The fourth-order valence-electron chi connectivity index (χ4n) is 1.58. The third-order valence-electron chi connectivity index (χ3n) is 2.82. The zero-order chi connectivity index (χ0) is 12.9. The van der Waals surface area contributed by atoms with Gasteiger partial charge in [0.2, 0.25) is 0 Å². The third-order valence-corrected chi connectivity index (χ3v) is 2.82. The molecule has 0 radical (unpaired) electrons. The molecule has 1 unspecified atom stereocenters. The van der Waals surface area contributed by atoms with Gasteiger partial charge in [-0.2, -0.15) is 0 Å². The summed E-state index contributed by atoms with van der Waals surface area (Å²) in [5.74, 6) is -0.556. The maximum absolute atomic E-state index is 11.4. The molecule has 0 aliphatic carbocycles. The molecule has 1 aliphatic rings. The summed E-state index contributed by atoms with van der Waals surface area (Å²) >= 11 is 0. The van der Waals surface area contributed by atoms with Gasteiger partial charge in [0.15, 0.2) is 0 Å². The molecule has 2 amide bonds. The van der Waals surface area contributed by atoms with E-state index in [1.807, 2.05) is 0 Å². The largest absolute Gasteiger partial charge is 0.480 e. The summed E-state index contributed by atoms with van der Waals surface area (Å²) in [6, 6.07) is -0.448. The van der Waals surface area contributed by atoms with Crippen molar-refractivity contribution in [2.75, 3.05) is 19.8 Å². The first kappa shape index (κ1) is 13.8. The molecule has 1 aliphatic heterocycles. The van der Waals surface area contributed by atoms with Crippen molar-refractivity contribution < 1.29 is 19.4 Å². The Kier molecular flexibility index (Phi) is 4.74. The van der Waals surface area contributed by atoms with E-state index in [1.54, 1.807) is 0 Å². The van der Waals surface area contributed by atoms with Crippen LogP contribution in [0.5, 0.6) is 0 Å². The lowest BCUT2D eigenvalue weighted by Crippen LogP contribution is -2.53. The number of carbonyl (C=O) groups excluding carboxylic acids is 1. The zero-order valence-corrected chi connectivity index (χ0v) is 10.3. The SMILES string of the molecule is CC(C)(NC(=O)NCCC1CCOC1)C(=O)O. The monoisotopic (exact) mass is 244 g/mol. The van der Waals surface area contributed by atoms with Crippen LogP contribution in [-0.4, -0.2) is 42.4 Å². The molecule has 1 atom stereocenters. The van der Waals surface area contributed by atoms with E-state index in [0.29, 0.717) is 12.5 Å². The Labute approximate surface area is 101 Å². The molecule has 1 rings (SSSR count). The summed E-state index contributed by atoms with van der Waals surface area (Å²) in [5.41, 5.74) is -1.25. The molecule has 1 fully saturated rings. The van der Waals surface area contributed by atoms with Crippen LogP contribution in [0.4, 0.5) is 4.79 Å². The van der Waals surface area contributed by atoms with Gasteiger partial charge in [-0.1, -0.05) is 0 Å². The Balaban J connectivity index is 2.18. The number of hydrogen-bond acceptors (Lipinski definition) is 3. The van der Waals surface area contributed by atoms with E-state index >= 15 is 0 Å². The van der Waals surface area contributed by atoms with Crippen LogP contribution in [0, 0.1) is 5.92 Å². The van der Waals surface area contributed by atoms with Gasteiger partial charge < -0.3 is 20.5 Å². The van der Waals surface area contributed by atoms with Gasteiger partial charge >= 0.3 is 12.0 Å². The number of urea groups is 1. The quantitative estimate of drug-likeness (QED) is 0.660. The number of rotatable bonds is 5. The van der Waals surface area contributed by atoms with Crippen molar-refractivity contribution in [2.45, 2.75) is 32.2 Å². The highest BCUT2D eigenvalue weighted by molar-refractivity contribution is 5.85. The molecule has 6 nitrogen and oxygen atoms in total. The van der Waals surface area contributed by atoms with Crippen molar-refractivity contribution in [2.24, 2.45) is 5.92 Å². The van der Waals surface area contributed by atoms with Crippen LogP contribution in [0.3, 0.4) is 0 Å². The first-order valence-electron chi connectivity index (χ1n) is 5.79. The van der Waals surface area contributed by atoms with Crippen molar-refractivity contribution in [1.29, 1.82) is 0 Å². The Morgan fingerprint density at radius 3 is 2.71 bits per heavy atom. The molecule has 0 spiro atoms. The van der Waals surface area contributed by atoms with Gasteiger partial charge in [0.25, 0.3) is 0 Å². The molecule has 1 saturated heterocycles. The molecular weight excluding hydrogens is 224 g/mol. The van der Waals surface area contributed by atoms with Gasteiger partial charge in [0.1, 0.15) is 5.54 Å². The predicted octanol–water partition coefficient (Wildman–Crippen LogP) is 0.575. The topological polar surface area (TPSA) is 87.7 Å². The Bertz CT molecular complexity index is 285. The summed E-state index contributed by atoms with van der Waals surface area (Å²) < 4.78 is 5.22. The van der Waals surface area contributed by atoms with Crippen LogP contribution in [-0.2, 0) is 9.53 Å². The van der Waals surface area contributed by atoms with Crippen LogP contribution in [0.15, 0.2) is 0 Å². The zero-order valence-electron chi connectivity index (χ0n) is 10.3. The fourth-order valence-corrected chi connectivity index (χ4v) is 1.58. The first-order chi connectivity index (χ1) is 7.92. The summed E-state index contributed by atoms with van der Waals surface area (Å²) in [7, 11) is 0. The second kappa shape index (κ2) is 5.86. The van der Waals surface area contributed by atoms with Crippen molar-refractivity contribution in [3.8, 4) is 0 Å². The van der Waals surface area contributed by atoms with Crippen LogP contribution >= 0.6 is 0 Å². The number of aliphatic carboxylic acids is 1. The van der Waals surface area contributed by atoms with Crippen molar-refractivity contribution >= 4 is 12.0 Å². The minimum absolute atomic E-state index is 0.448. The van der Waals surface area contributed by atoms with E-state index < -0.39 is 17.5 Å². The molecule has 6 heteroatoms. The van der Waals surface area contributed by atoms with Crippen molar-refractivity contribution in [3.05, 3.63) is 0 Å². The summed E-state index contributed by atoms with van der Waals surface area (Å²) in [5, 5.41) is 13.9. The second-order valence-corrected chi connectivity index (χ2v) is 4.83. The molecule has 1 heterocycles. The van der Waals surface area contributed by atoms with Gasteiger partial charge in [0, 0.05) is 19.8 Å². The number of nitrogens with one attached hydrogen (secondary N) is 2. The summed E-state index contributed by atoms with van der Waals surface area (Å²) in [6.45, 7) is 4.97. The number of carboxylic acids is 1. The van der Waals surface area contributed by atoms with Crippen LogP contribution in [0.25, 0.3) is 0 Å². The Morgan fingerprint density at radius 2 is 2.18 bits per heavy atom. The van der Waals surface area contributed by atoms with Gasteiger partial charge in [0.05, 0.1) is 0 Å². The number of ether oxygens (including phenoxy) is 1. The van der Waals surface area contributed by atoms with Gasteiger partial charge in [-0.15, -0.1) is 0 Å². The predicted molar refractivity (Wildman–Crippen MR) is 61.8 cm³/mol. The van der Waals surface area contributed by atoms with Gasteiger partial charge in [-0.3, -0.25) is 0 Å². The smallest absolute Gasteiger partial charge is 0.328 e. The molecule has 3 N–H and O–H groups in total. The Hall–Kier alpha value is -1.30. The minimum Gasteiger partial charge on any atom is -0.480 e. The standard InChI is InChI=1S/C11H20N2O4/c1-11(2,9(14)15)13-10(16)12-5-3-8-4-6-17-7-8/h8H,3-7H2,1-2H3,(H,14,15)(H2,12,13,16). The van der Waals surface area contributed by atoms with Crippen molar-refractivity contribution in [3.63, 3.8) is 0 Å².